The third-order valence-corrected chi connectivity index (χ3v) is 7.78. The molecule has 12 heteroatoms. The number of aliphatic carboxylic acids is 1. The van der Waals surface area contributed by atoms with Crippen molar-refractivity contribution in [3.63, 3.8) is 0 Å². The van der Waals surface area contributed by atoms with E-state index < -0.39 is 42.2 Å². The van der Waals surface area contributed by atoms with Gasteiger partial charge in [0.25, 0.3) is 5.91 Å². The summed E-state index contributed by atoms with van der Waals surface area (Å²) in [5, 5.41) is 13.8. The average Bonchev–Trinajstić information content (AvgIpc) is 3.31. The zero-order chi connectivity index (χ0) is 23.2. The van der Waals surface area contributed by atoms with E-state index >= 15 is 0 Å². The first-order chi connectivity index (χ1) is 15.2. The average molecular weight is 481 g/mol. The number of nitrogens with one attached hydrogen (secondary N) is 1. The molecule has 1 fully saturated rings. The lowest BCUT2D eigenvalue weighted by atomic mass is 9.78. The van der Waals surface area contributed by atoms with E-state index in [1.165, 1.54) is 34.9 Å². The number of β-lactam (4-membered cyclic amide) rings is 1. The minimum absolute atomic E-state index is 0.123. The zero-order valence-corrected chi connectivity index (χ0v) is 18.5. The highest BCUT2D eigenvalue weighted by molar-refractivity contribution is 8.04. The molecule has 0 bridgehead atoms. The first-order valence-electron chi connectivity index (χ1n) is 9.63. The van der Waals surface area contributed by atoms with Gasteiger partial charge in [0, 0.05) is 40.2 Å². The molecule has 2 aromatic heterocycles. The number of alkyl halides is 2. The lowest BCUT2D eigenvalue weighted by Gasteiger charge is -2.47. The predicted molar refractivity (Wildman–Crippen MR) is 113 cm³/mol. The number of carbonyl (C=O) groups excluding carboxylic acids is 2. The Morgan fingerprint density at radius 2 is 2.00 bits per heavy atom. The number of carbonyl (C=O) groups is 3. The van der Waals surface area contributed by atoms with E-state index in [1.807, 2.05) is 17.5 Å². The molecule has 0 spiro atoms. The third kappa shape index (κ3) is 3.77. The molecule has 1 unspecified atom stereocenters. The standard InChI is InChI=1S/C20H18F2N4O4S2/c1-8-13-12(9(2)24-17(27)16(21)22)18(28)26(13)14(19(29)30)15(8)32-20-25-11(7-31-20)10-3-5-23-6-4-10/h3-9,12-13,16H,1-2H3,(H,24,27)(H,29,30)/t8-,9?,12-,13-/m1/s1. The quantitative estimate of drug-likeness (QED) is 0.586. The van der Waals surface area contributed by atoms with Crippen molar-refractivity contribution in [3.05, 3.63) is 40.5 Å². The predicted octanol–water partition coefficient (Wildman–Crippen LogP) is 2.84. The molecule has 32 heavy (non-hydrogen) atoms. The number of fused-ring (bicyclic) bond motifs is 1. The molecule has 2 N–H and O–H groups in total. The minimum Gasteiger partial charge on any atom is -0.477 e. The highest BCUT2D eigenvalue weighted by Gasteiger charge is 2.60. The molecule has 1 saturated heterocycles. The minimum atomic E-state index is -3.19. The van der Waals surface area contributed by atoms with Gasteiger partial charge in [0.1, 0.15) is 5.70 Å². The first kappa shape index (κ1) is 22.3. The van der Waals surface area contributed by atoms with Crippen molar-refractivity contribution in [2.24, 2.45) is 11.8 Å². The Morgan fingerprint density at radius 1 is 1.31 bits per heavy atom. The van der Waals surface area contributed by atoms with Gasteiger partial charge in [-0.15, -0.1) is 11.3 Å². The molecule has 4 rings (SSSR count). The van der Waals surface area contributed by atoms with Gasteiger partial charge in [-0.1, -0.05) is 18.7 Å². The van der Waals surface area contributed by atoms with E-state index in [-0.39, 0.29) is 11.6 Å². The van der Waals surface area contributed by atoms with Gasteiger partial charge < -0.3 is 15.3 Å². The number of pyridine rings is 1. The monoisotopic (exact) mass is 480 g/mol. The second-order valence-corrected chi connectivity index (χ2v) is 9.61. The Balaban J connectivity index is 1.57. The van der Waals surface area contributed by atoms with Crippen LogP contribution in [0.2, 0.25) is 0 Å². The molecule has 2 amide bonds. The van der Waals surface area contributed by atoms with E-state index in [9.17, 15) is 28.3 Å². The van der Waals surface area contributed by atoms with Crippen molar-refractivity contribution in [1.29, 1.82) is 0 Å². The smallest absolute Gasteiger partial charge is 0.353 e. The summed E-state index contributed by atoms with van der Waals surface area (Å²) >= 11 is 2.53. The Hall–Kier alpha value is -2.86. The van der Waals surface area contributed by atoms with Crippen molar-refractivity contribution in [2.45, 2.75) is 36.7 Å². The molecule has 168 valence electrons. The first-order valence-corrected chi connectivity index (χ1v) is 11.3. The Bertz CT molecular complexity index is 1110. The number of carboxylic acid groups (broad SMARTS) is 1. The normalized spacial score (nSPS) is 23.2. The summed E-state index contributed by atoms with van der Waals surface area (Å²) < 4.78 is 25.8. The summed E-state index contributed by atoms with van der Waals surface area (Å²) in [5.41, 5.74) is 1.48. The Morgan fingerprint density at radius 3 is 2.62 bits per heavy atom. The van der Waals surface area contributed by atoms with Crippen LogP contribution in [0.25, 0.3) is 11.3 Å². The number of amides is 2. The van der Waals surface area contributed by atoms with Gasteiger partial charge in [0.05, 0.1) is 17.7 Å². The number of rotatable bonds is 7. The number of hydrogen-bond donors (Lipinski definition) is 2. The van der Waals surface area contributed by atoms with Crippen LogP contribution in [-0.4, -0.2) is 56.3 Å². The molecule has 0 saturated carbocycles. The summed E-state index contributed by atoms with van der Waals surface area (Å²) in [6.07, 6.45) is 0.107. The molecule has 2 aliphatic rings. The number of nitrogens with zero attached hydrogens (tertiary/aromatic N) is 3. The van der Waals surface area contributed by atoms with E-state index in [2.05, 4.69) is 15.3 Å². The number of thiazole rings is 1. The molecule has 2 aliphatic heterocycles. The molecule has 4 atom stereocenters. The van der Waals surface area contributed by atoms with Gasteiger partial charge in [-0.25, -0.2) is 9.78 Å². The number of carboxylic acids is 1. The van der Waals surface area contributed by atoms with Crippen LogP contribution < -0.4 is 5.32 Å². The van der Waals surface area contributed by atoms with Gasteiger partial charge in [-0.05, 0) is 19.1 Å². The number of aromatic nitrogens is 2. The maximum absolute atomic E-state index is 12.7. The lowest BCUT2D eigenvalue weighted by Crippen LogP contribution is -2.66. The molecule has 4 heterocycles. The fourth-order valence-corrected chi connectivity index (χ4v) is 6.20. The van der Waals surface area contributed by atoms with E-state index in [4.69, 9.17) is 0 Å². The van der Waals surface area contributed by atoms with Crippen LogP contribution >= 0.6 is 23.1 Å². The Labute approximate surface area is 189 Å². The van der Waals surface area contributed by atoms with Crippen LogP contribution in [0.15, 0.2) is 44.8 Å². The van der Waals surface area contributed by atoms with Crippen molar-refractivity contribution >= 4 is 40.9 Å². The van der Waals surface area contributed by atoms with Gasteiger partial charge in [-0.3, -0.25) is 14.6 Å². The molecular weight excluding hydrogens is 462 g/mol. The van der Waals surface area contributed by atoms with Crippen LogP contribution in [0.4, 0.5) is 8.78 Å². The highest BCUT2D eigenvalue weighted by Crippen LogP contribution is 2.52. The maximum Gasteiger partial charge on any atom is 0.353 e. The van der Waals surface area contributed by atoms with Crippen molar-refractivity contribution in [3.8, 4) is 11.3 Å². The topological polar surface area (TPSA) is 112 Å². The lowest BCUT2D eigenvalue weighted by molar-refractivity contribution is -0.159. The molecular formula is C20H18F2N4O4S2. The van der Waals surface area contributed by atoms with Gasteiger partial charge in [0.15, 0.2) is 4.34 Å². The van der Waals surface area contributed by atoms with Crippen molar-refractivity contribution in [1.82, 2.24) is 20.2 Å². The number of hydrogen-bond acceptors (Lipinski definition) is 7. The highest BCUT2D eigenvalue weighted by atomic mass is 32.2. The fraction of sp³-hybridized carbons (Fsp3) is 0.350. The van der Waals surface area contributed by atoms with E-state index in [1.54, 1.807) is 19.3 Å². The summed E-state index contributed by atoms with van der Waals surface area (Å²) in [6, 6.07) is 2.23. The molecule has 0 radical (unpaired) electrons. The molecule has 0 aromatic carbocycles. The molecule has 2 aromatic rings. The van der Waals surface area contributed by atoms with Crippen LogP contribution in [0, 0.1) is 11.8 Å². The zero-order valence-electron chi connectivity index (χ0n) is 16.9. The summed E-state index contributed by atoms with van der Waals surface area (Å²) in [7, 11) is 0. The van der Waals surface area contributed by atoms with Crippen LogP contribution in [0.5, 0.6) is 0 Å². The van der Waals surface area contributed by atoms with E-state index in [0.717, 1.165) is 11.3 Å². The second kappa shape index (κ2) is 8.58. The van der Waals surface area contributed by atoms with Gasteiger partial charge in [0.2, 0.25) is 5.91 Å². The second-order valence-electron chi connectivity index (χ2n) is 7.47. The van der Waals surface area contributed by atoms with Gasteiger partial charge >= 0.3 is 12.4 Å². The largest absolute Gasteiger partial charge is 0.477 e. The van der Waals surface area contributed by atoms with Gasteiger partial charge in [-0.2, -0.15) is 8.78 Å². The van der Waals surface area contributed by atoms with Crippen molar-refractivity contribution < 1.29 is 28.3 Å². The summed E-state index contributed by atoms with van der Waals surface area (Å²) in [4.78, 5) is 46.3. The van der Waals surface area contributed by atoms with Crippen LogP contribution in [0.3, 0.4) is 0 Å². The maximum atomic E-state index is 12.7. The Kier molecular flexibility index (Phi) is 5.99. The van der Waals surface area contributed by atoms with Crippen LogP contribution in [0.1, 0.15) is 13.8 Å². The third-order valence-electron chi connectivity index (χ3n) is 5.55. The van der Waals surface area contributed by atoms with E-state index in [0.29, 0.717) is 9.24 Å². The number of thioether (sulfide) groups is 1. The molecule has 0 aliphatic carbocycles. The SMILES string of the molecule is CC(NC(=O)C(F)F)[C@H]1C(=O)N2C(C(=O)O)=C(Sc3nc(-c4ccncc4)cs3)[C@H](C)[C@H]12. The summed E-state index contributed by atoms with van der Waals surface area (Å²) in [5.74, 6) is -4.36. The fourth-order valence-electron chi connectivity index (χ4n) is 4.11. The van der Waals surface area contributed by atoms with Crippen LogP contribution in [-0.2, 0) is 14.4 Å². The molecule has 8 nitrogen and oxygen atoms in total. The summed E-state index contributed by atoms with van der Waals surface area (Å²) in [6.45, 7) is 3.26. The van der Waals surface area contributed by atoms with Crippen molar-refractivity contribution in [2.75, 3.05) is 0 Å². The number of halogens is 2.